The number of anilines is 1. The van der Waals surface area contributed by atoms with Crippen molar-refractivity contribution in [1.82, 2.24) is 14.3 Å². The zero-order chi connectivity index (χ0) is 11.0. The smallest absolute Gasteiger partial charge is 0.203 e. The SMILES string of the molecule is CC(Nc1nc(C2CC2)ns1)c1nccs1. The molecule has 0 amide bonds. The molecule has 0 bridgehead atoms. The van der Waals surface area contributed by atoms with E-state index in [1.165, 1.54) is 24.4 Å². The lowest BCUT2D eigenvalue weighted by molar-refractivity contribution is 0.862. The molecule has 1 fully saturated rings. The van der Waals surface area contributed by atoms with Crippen LogP contribution in [0.3, 0.4) is 0 Å². The van der Waals surface area contributed by atoms with Gasteiger partial charge in [-0.2, -0.15) is 4.37 Å². The van der Waals surface area contributed by atoms with Crippen LogP contribution in [0.1, 0.15) is 42.6 Å². The quantitative estimate of drug-likeness (QED) is 0.908. The Morgan fingerprint density at radius 2 is 2.38 bits per heavy atom. The van der Waals surface area contributed by atoms with Gasteiger partial charge in [-0.1, -0.05) is 0 Å². The Morgan fingerprint density at radius 3 is 3.06 bits per heavy atom. The molecule has 0 saturated heterocycles. The van der Waals surface area contributed by atoms with E-state index in [0.717, 1.165) is 16.0 Å². The van der Waals surface area contributed by atoms with E-state index in [1.54, 1.807) is 11.3 Å². The number of hydrogen-bond donors (Lipinski definition) is 1. The first-order valence-corrected chi connectivity index (χ1v) is 6.98. The van der Waals surface area contributed by atoms with Gasteiger partial charge in [0.05, 0.1) is 6.04 Å². The normalized spacial score (nSPS) is 17.3. The third-order valence-corrected chi connectivity index (χ3v) is 4.16. The Bertz CT molecular complexity index is 461. The minimum Gasteiger partial charge on any atom is -0.351 e. The summed E-state index contributed by atoms with van der Waals surface area (Å²) in [6.45, 7) is 2.09. The van der Waals surface area contributed by atoms with Crippen molar-refractivity contribution in [3.05, 3.63) is 22.4 Å². The fourth-order valence-corrected chi connectivity index (χ4v) is 2.88. The van der Waals surface area contributed by atoms with E-state index in [-0.39, 0.29) is 6.04 Å². The molecule has 3 rings (SSSR count). The summed E-state index contributed by atoms with van der Waals surface area (Å²) >= 11 is 3.11. The highest BCUT2D eigenvalue weighted by Crippen LogP contribution is 2.39. The van der Waals surface area contributed by atoms with Crippen LogP contribution in [-0.2, 0) is 0 Å². The zero-order valence-electron chi connectivity index (χ0n) is 8.88. The molecule has 16 heavy (non-hydrogen) atoms. The van der Waals surface area contributed by atoms with Gasteiger partial charge < -0.3 is 5.32 Å². The van der Waals surface area contributed by atoms with E-state index in [0.29, 0.717) is 5.92 Å². The van der Waals surface area contributed by atoms with E-state index in [1.807, 2.05) is 11.6 Å². The lowest BCUT2D eigenvalue weighted by Gasteiger charge is -2.08. The van der Waals surface area contributed by atoms with Gasteiger partial charge in [0.2, 0.25) is 5.13 Å². The fraction of sp³-hybridized carbons (Fsp3) is 0.500. The van der Waals surface area contributed by atoms with Gasteiger partial charge in [-0.05, 0) is 19.8 Å². The Balaban J connectivity index is 1.68. The molecule has 2 aromatic rings. The van der Waals surface area contributed by atoms with E-state index in [4.69, 9.17) is 0 Å². The second-order valence-electron chi connectivity index (χ2n) is 3.97. The molecule has 0 radical (unpaired) electrons. The first-order valence-electron chi connectivity index (χ1n) is 5.32. The Hall–Kier alpha value is -1.01. The summed E-state index contributed by atoms with van der Waals surface area (Å²) in [5.41, 5.74) is 0. The number of thiazole rings is 1. The highest BCUT2D eigenvalue weighted by Gasteiger charge is 2.28. The molecular formula is C10H12N4S2. The van der Waals surface area contributed by atoms with Crippen molar-refractivity contribution in [2.24, 2.45) is 0 Å². The van der Waals surface area contributed by atoms with Gasteiger partial charge in [-0.25, -0.2) is 9.97 Å². The first kappa shape index (κ1) is 10.2. The second-order valence-corrected chi connectivity index (χ2v) is 5.65. The van der Waals surface area contributed by atoms with Crippen LogP contribution in [0.15, 0.2) is 11.6 Å². The van der Waals surface area contributed by atoms with E-state index in [9.17, 15) is 0 Å². The number of nitrogens with zero attached hydrogens (tertiary/aromatic N) is 3. The predicted octanol–water partition coefficient (Wildman–Crippen LogP) is 3.05. The zero-order valence-corrected chi connectivity index (χ0v) is 10.5. The molecule has 0 spiro atoms. The number of nitrogens with one attached hydrogen (secondary N) is 1. The molecule has 0 aromatic carbocycles. The second kappa shape index (κ2) is 4.10. The molecule has 1 atom stereocenters. The molecule has 2 aromatic heterocycles. The van der Waals surface area contributed by atoms with Gasteiger partial charge in [0, 0.05) is 29.0 Å². The highest BCUT2D eigenvalue weighted by atomic mass is 32.1. The van der Waals surface area contributed by atoms with Crippen LogP contribution in [0.4, 0.5) is 5.13 Å². The molecule has 84 valence electrons. The summed E-state index contributed by atoms with van der Waals surface area (Å²) in [6.07, 6.45) is 4.32. The number of aromatic nitrogens is 3. The van der Waals surface area contributed by atoms with E-state index >= 15 is 0 Å². The van der Waals surface area contributed by atoms with Gasteiger partial charge in [0.25, 0.3) is 0 Å². The molecule has 6 heteroatoms. The van der Waals surface area contributed by atoms with Crippen molar-refractivity contribution in [3.63, 3.8) is 0 Å². The minimum absolute atomic E-state index is 0.208. The average molecular weight is 252 g/mol. The van der Waals surface area contributed by atoms with Crippen LogP contribution < -0.4 is 5.32 Å². The van der Waals surface area contributed by atoms with Gasteiger partial charge in [0.15, 0.2) is 0 Å². The predicted molar refractivity (Wildman–Crippen MR) is 66.0 cm³/mol. The van der Waals surface area contributed by atoms with Crippen LogP contribution in [0.5, 0.6) is 0 Å². The molecule has 1 saturated carbocycles. The van der Waals surface area contributed by atoms with Crippen LogP contribution in [0.25, 0.3) is 0 Å². The fourth-order valence-electron chi connectivity index (χ4n) is 1.50. The minimum atomic E-state index is 0.208. The lowest BCUT2D eigenvalue weighted by atomic mass is 10.4. The molecule has 1 unspecified atom stereocenters. The Kier molecular flexibility index (Phi) is 2.61. The maximum absolute atomic E-state index is 4.50. The third kappa shape index (κ3) is 2.08. The van der Waals surface area contributed by atoms with Crippen molar-refractivity contribution in [2.45, 2.75) is 31.7 Å². The monoisotopic (exact) mass is 252 g/mol. The Labute approximate surface area is 102 Å². The lowest BCUT2D eigenvalue weighted by Crippen LogP contribution is -2.05. The summed E-state index contributed by atoms with van der Waals surface area (Å²) < 4.78 is 4.36. The van der Waals surface area contributed by atoms with Gasteiger partial charge in [-0.15, -0.1) is 11.3 Å². The van der Waals surface area contributed by atoms with Crippen molar-refractivity contribution in [2.75, 3.05) is 5.32 Å². The van der Waals surface area contributed by atoms with Gasteiger partial charge in [0.1, 0.15) is 10.8 Å². The molecule has 2 heterocycles. The van der Waals surface area contributed by atoms with Crippen molar-refractivity contribution in [3.8, 4) is 0 Å². The topological polar surface area (TPSA) is 50.7 Å². The molecule has 4 nitrogen and oxygen atoms in total. The first-order chi connectivity index (χ1) is 7.83. The molecule has 1 aliphatic rings. The third-order valence-electron chi connectivity index (χ3n) is 2.55. The number of hydrogen-bond acceptors (Lipinski definition) is 6. The summed E-state index contributed by atoms with van der Waals surface area (Å²) in [5, 5.41) is 7.32. The standard InChI is InChI=1S/C10H12N4S2/c1-6(9-11-4-5-15-9)12-10-13-8(14-16-10)7-2-3-7/h4-7H,2-3H2,1H3,(H,12,13,14). The summed E-state index contributed by atoms with van der Waals surface area (Å²) in [7, 11) is 0. The van der Waals surface area contributed by atoms with Crippen molar-refractivity contribution in [1.29, 1.82) is 0 Å². The van der Waals surface area contributed by atoms with E-state index in [2.05, 4.69) is 26.6 Å². The largest absolute Gasteiger partial charge is 0.351 e. The molecule has 0 aliphatic heterocycles. The highest BCUT2D eigenvalue weighted by molar-refractivity contribution is 7.10. The summed E-state index contributed by atoms with van der Waals surface area (Å²) in [4.78, 5) is 8.77. The average Bonchev–Trinajstić information content (AvgIpc) is 2.82. The van der Waals surface area contributed by atoms with E-state index < -0.39 is 0 Å². The number of rotatable bonds is 4. The maximum Gasteiger partial charge on any atom is 0.203 e. The molecular weight excluding hydrogens is 240 g/mol. The van der Waals surface area contributed by atoms with Crippen molar-refractivity contribution >= 4 is 28.0 Å². The van der Waals surface area contributed by atoms with Crippen LogP contribution in [-0.4, -0.2) is 14.3 Å². The molecule has 1 N–H and O–H groups in total. The summed E-state index contributed by atoms with van der Waals surface area (Å²) in [6, 6.07) is 0.208. The van der Waals surface area contributed by atoms with Crippen LogP contribution in [0, 0.1) is 0 Å². The van der Waals surface area contributed by atoms with Gasteiger partial charge in [-0.3, -0.25) is 0 Å². The van der Waals surface area contributed by atoms with Gasteiger partial charge >= 0.3 is 0 Å². The van der Waals surface area contributed by atoms with Crippen molar-refractivity contribution < 1.29 is 0 Å². The summed E-state index contributed by atoms with van der Waals surface area (Å²) in [5.74, 6) is 1.64. The van der Waals surface area contributed by atoms with Crippen LogP contribution >= 0.6 is 22.9 Å². The van der Waals surface area contributed by atoms with Crippen LogP contribution in [0.2, 0.25) is 0 Å². The molecule has 1 aliphatic carbocycles. The Morgan fingerprint density at radius 1 is 1.50 bits per heavy atom. The maximum atomic E-state index is 4.50.